The molecule has 5 heteroatoms. The fraction of sp³-hybridized carbons (Fsp3) is 0. The lowest BCUT2D eigenvalue weighted by Gasteiger charge is -2.18. The predicted octanol–water partition coefficient (Wildman–Crippen LogP) is -0.515. The van der Waals surface area contributed by atoms with Crippen LogP contribution in [0.4, 0.5) is 0 Å². The van der Waals surface area contributed by atoms with Gasteiger partial charge in [0.2, 0.25) is 8.53 Å². The van der Waals surface area contributed by atoms with Crippen LogP contribution in [-0.4, -0.2) is 7.69 Å². The third kappa shape index (κ3) is 0.607. The third-order valence-electron chi connectivity index (χ3n) is 0.360. The summed E-state index contributed by atoms with van der Waals surface area (Å²) in [6.45, 7) is 0. The van der Waals surface area contributed by atoms with Crippen LogP contribution in [0.5, 0.6) is 0 Å². The molecule has 0 radical (unpaired) electrons. The molecular weight excluding hydrogens is 87.8 g/mol. The second kappa shape index (κ2) is 1.23. The summed E-state index contributed by atoms with van der Waals surface area (Å²) in [7, 11) is -0.527. The normalized spacial score (nSPS) is 24.2. The van der Waals surface area contributed by atoms with Crippen molar-refractivity contribution in [3.63, 3.8) is 0 Å². The Bertz CT molecular complexity index is 36.6. The van der Waals surface area contributed by atoms with Crippen LogP contribution in [0.3, 0.4) is 0 Å². The minimum atomic E-state index is -0.918. The van der Waals surface area contributed by atoms with Crippen molar-refractivity contribution in [2.45, 2.75) is 0 Å². The van der Waals surface area contributed by atoms with Gasteiger partial charge in [-0.3, -0.25) is 5.50 Å². The molecule has 28 valence electrons. The van der Waals surface area contributed by atoms with Crippen LogP contribution >= 0.6 is 8.53 Å². The summed E-state index contributed by atoms with van der Waals surface area (Å²) in [5, 5.41) is 0. The number of nitrogens with two attached hydrogens (primary N) is 1. The van der Waals surface area contributed by atoms with Crippen LogP contribution in [0, 0.1) is 0 Å². The molecule has 0 aromatic heterocycles. The van der Waals surface area contributed by atoms with Gasteiger partial charge in [-0.25, -0.2) is 0 Å². The minimum absolute atomic E-state index is 0.391. The van der Waals surface area contributed by atoms with E-state index < -0.39 is 8.53 Å². The quantitative estimate of drug-likeness (QED) is 0.322. The third-order valence-corrected chi connectivity index (χ3v) is 1.08. The highest BCUT2D eigenvalue weighted by Crippen LogP contribution is 2.35. The topological polar surface area (TPSA) is 44.5 Å². The van der Waals surface area contributed by atoms with Gasteiger partial charge >= 0.3 is 7.69 Å². The van der Waals surface area contributed by atoms with Crippen LogP contribution in [0.1, 0.15) is 0 Å². The van der Waals surface area contributed by atoms with Crippen LogP contribution in [0.25, 0.3) is 0 Å². The van der Waals surface area contributed by atoms with Crippen molar-refractivity contribution < 1.29 is 8.88 Å². The van der Waals surface area contributed by atoms with Crippen molar-refractivity contribution in [3.05, 3.63) is 0 Å². The highest BCUT2D eigenvalue weighted by Gasteiger charge is 2.15. The van der Waals surface area contributed by atoms with Gasteiger partial charge in [-0.15, -0.1) is 0 Å². The Morgan fingerprint density at radius 1 is 1.60 bits per heavy atom. The maximum Gasteiger partial charge on any atom is 0.449 e. The van der Waals surface area contributed by atoms with E-state index in [9.17, 15) is 0 Å². The molecule has 0 unspecified atom stereocenters. The summed E-state index contributed by atoms with van der Waals surface area (Å²) in [4.78, 5) is 0. The summed E-state index contributed by atoms with van der Waals surface area (Å²) in [6.07, 6.45) is 0. The molecule has 1 saturated heterocycles. The lowest BCUT2D eigenvalue weighted by Crippen LogP contribution is -2.14. The van der Waals surface area contributed by atoms with E-state index in [1.54, 1.807) is 0 Å². The molecule has 1 fully saturated rings. The van der Waals surface area contributed by atoms with Crippen molar-refractivity contribution in [2.24, 2.45) is 5.50 Å². The average molecular weight is 90.8 g/mol. The van der Waals surface area contributed by atoms with E-state index in [1.807, 2.05) is 0 Å². The van der Waals surface area contributed by atoms with E-state index in [0.29, 0.717) is 7.69 Å². The van der Waals surface area contributed by atoms with E-state index in [4.69, 9.17) is 5.50 Å². The highest BCUT2D eigenvalue weighted by molar-refractivity contribution is 7.49. The van der Waals surface area contributed by atoms with Crippen molar-refractivity contribution in [2.75, 3.05) is 0 Å². The number of rotatable bonds is 0. The first-order chi connectivity index (χ1) is 2.39. The van der Waals surface area contributed by atoms with Crippen LogP contribution in [0.15, 0.2) is 0 Å². The molecule has 0 saturated carbocycles. The van der Waals surface area contributed by atoms with E-state index >= 15 is 0 Å². The Morgan fingerprint density at radius 3 is 2.00 bits per heavy atom. The van der Waals surface area contributed by atoms with Gasteiger partial charge in [0.25, 0.3) is 0 Å². The second-order valence-electron chi connectivity index (χ2n) is 0.661. The van der Waals surface area contributed by atoms with Crippen LogP contribution in [-0.2, 0) is 8.88 Å². The van der Waals surface area contributed by atoms with Gasteiger partial charge in [-0.05, 0) is 0 Å². The Labute approximate surface area is 31.7 Å². The average Bonchev–Trinajstić information content (AvgIpc) is 1.30. The zero-order chi connectivity index (χ0) is 3.70. The molecule has 1 rings (SSSR count). The molecule has 3 nitrogen and oxygen atoms in total. The predicted molar refractivity (Wildman–Crippen MR) is 20.4 cm³/mol. The Morgan fingerprint density at radius 2 is 2.00 bits per heavy atom. The monoisotopic (exact) mass is 91.0 g/mol. The molecule has 1 aliphatic rings. The van der Waals surface area contributed by atoms with Gasteiger partial charge in [0.05, 0.1) is 0 Å². The summed E-state index contributed by atoms with van der Waals surface area (Å²) in [5.74, 6) is 0. The van der Waals surface area contributed by atoms with E-state index in [0.717, 1.165) is 0 Å². The molecule has 0 aliphatic carbocycles. The Balaban J connectivity index is 2.08. The molecule has 0 atom stereocenters. The lowest BCUT2D eigenvalue weighted by atomic mass is 10.4. The highest BCUT2D eigenvalue weighted by atomic mass is 31.2. The van der Waals surface area contributed by atoms with Crippen molar-refractivity contribution in [3.8, 4) is 0 Å². The maximum absolute atomic E-state index is 5.00. The van der Waals surface area contributed by atoms with Gasteiger partial charge < -0.3 is 8.88 Å². The lowest BCUT2D eigenvalue weighted by molar-refractivity contribution is 0.381. The zero-order valence-corrected chi connectivity index (χ0v) is 3.44. The van der Waals surface area contributed by atoms with E-state index in [1.165, 1.54) is 0 Å². The molecule has 0 aromatic carbocycles. The number of hydrogen-bond donors (Lipinski definition) is 1. The molecule has 0 bridgehead atoms. The van der Waals surface area contributed by atoms with E-state index in [2.05, 4.69) is 8.88 Å². The maximum atomic E-state index is 5.00. The van der Waals surface area contributed by atoms with Gasteiger partial charge in [0.1, 0.15) is 0 Å². The molecule has 2 N–H and O–H groups in total. The SMILES string of the molecule is NP1OBO1. The fourth-order valence-corrected chi connectivity index (χ4v) is 0.341. The van der Waals surface area contributed by atoms with Gasteiger partial charge in [0.15, 0.2) is 0 Å². The van der Waals surface area contributed by atoms with Crippen LogP contribution < -0.4 is 5.50 Å². The van der Waals surface area contributed by atoms with Crippen LogP contribution in [0.2, 0.25) is 0 Å². The minimum Gasteiger partial charge on any atom is -0.357 e. The first-order valence-electron chi connectivity index (χ1n) is 1.20. The summed E-state index contributed by atoms with van der Waals surface area (Å²) in [5.41, 5.74) is 5.00. The molecule has 1 heterocycles. The molecule has 0 spiro atoms. The summed E-state index contributed by atoms with van der Waals surface area (Å²) in [6, 6.07) is 0. The standard InChI is InChI=1S/BH3NO2P/c2-5-3-1-4-5/h1H,2H2. The summed E-state index contributed by atoms with van der Waals surface area (Å²) >= 11 is 0. The largest absolute Gasteiger partial charge is 0.449 e. The first kappa shape index (κ1) is 3.56. The number of hydrogen-bond acceptors (Lipinski definition) is 3. The van der Waals surface area contributed by atoms with E-state index in [-0.39, 0.29) is 0 Å². The smallest absolute Gasteiger partial charge is 0.357 e. The fourth-order valence-electron chi connectivity index (χ4n) is 0.114. The van der Waals surface area contributed by atoms with Crippen molar-refractivity contribution in [1.29, 1.82) is 0 Å². The Kier molecular flexibility index (Phi) is 0.873. The van der Waals surface area contributed by atoms with Crippen molar-refractivity contribution in [1.82, 2.24) is 0 Å². The summed E-state index contributed by atoms with van der Waals surface area (Å²) < 4.78 is 9.10. The van der Waals surface area contributed by atoms with Gasteiger partial charge in [-0.2, -0.15) is 0 Å². The molecule has 1 aliphatic heterocycles. The van der Waals surface area contributed by atoms with Gasteiger partial charge in [-0.1, -0.05) is 0 Å². The molecule has 0 amide bonds. The second-order valence-corrected chi connectivity index (χ2v) is 1.75. The van der Waals surface area contributed by atoms with Gasteiger partial charge in [0, 0.05) is 0 Å². The molecule has 5 heavy (non-hydrogen) atoms. The van der Waals surface area contributed by atoms with Crippen molar-refractivity contribution >= 4 is 16.2 Å². The molecule has 0 aromatic rings. The first-order valence-corrected chi connectivity index (χ1v) is 2.45. The molecular formula is H3BNO2P. The Hall–Kier alpha value is 0.375. The zero-order valence-electron chi connectivity index (χ0n) is 2.55.